The zero-order chi connectivity index (χ0) is 26.5. The van der Waals surface area contributed by atoms with Gasteiger partial charge in [0.2, 0.25) is 5.60 Å². The second kappa shape index (κ2) is 7.75. The Kier molecular flexibility index (Phi) is 5.61. The average molecular weight is 503 g/mol. The number of aliphatic hydroxyl groups is 2. The highest BCUT2D eigenvalue weighted by Crippen LogP contribution is 2.75. The number of methoxy groups -OCH3 is 1. The Bertz CT molecular complexity index is 1050. The molecule has 1 saturated heterocycles. The minimum absolute atomic E-state index is 0.107. The number of allylic oxidation sites excluding steroid dienone is 2. The molecule has 1 spiro atoms. The Balaban J connectivity index is 1.58. The zero-order valence-electron chi connectivity index (χ0n) is 22.7. The maximum Gasteiger partial charge on any atom is 0.345 e. The fourth-order valence-electron chi connectivity index (χ4n) is 8.68. The van der Waals surface area contributed by atoms with Gasteiger partial charge in [-0.05, 0) is 68.3 Å². The molecule has 1 heterocycles. The first-order valence-corrected chi connectivity index (χ1v) is 13.6. The molecule has 0 amide bonds. The fourth-order valence-corrected chi connectivity index (χ4v) is 8.68. The summed E-state index contributed by atoms with van der Waals surface area (Å²) in [4.78, 5) is 38.5. The van der Waals surface area contributed by atoms with E-state index in [1.165, 1.54) is 13.2 Å². The Morgan fingerprint density at radius 1 is 1.06 bits per heavy atom. The highest BCUT2D eigenvalue weighted by Gasteiger charge is 2.87. The summed E-state index contributed by atoms with van der Waals surface area (Å²) in [6.45, 7) is 12.8. The molecule has 0 aromatic rings. The van der Waals surface area contributed by atoms with Crippen LogP contribution >= 0.6 is 0 Å². The molecule has 0 aromatic heterocycles. The van der Waals surface area contributed by atoms with Gasteiger partial charge in [-0.15, -0.1) is 0 Å². The summed E-state index contributed by atoms with van der Waals surface area (Å²) in [7, 11) is 1.21. The van der Waals surface area contributed by atoms with Gasteiger partial charge in [0, 0.05) is 16.4 Å². The molecule has 36 heavy (non-hydrogen) atoms. The van der Waals surface area contributed by atoms with Gasteiger partial charge in [-0.25, -0.2) is 14.6 Å². The molecule has 5 aliphatic rings. The minimum Gasteiger partial charge on any atom is -0.467 e. The van der Waals surface area contributed by atoms with Crippen LogP contribution in [-0.4, -0.2) is 51.5 Å². The van der Waals surface area contributed by atoms with Gasteiger partial charge in [0.1, 0.15) is 5.60 Å². The van der Waals surface area contributed by atoms with E-state index in [2.05, 4.69) is 46.8 Å². The van der Waals surface area contributed by atoms with Crippen LogP contribution in [0.4, 0.5) is 0 Å². The Labute approximate surface area is 214 Å². The second-order valence-electron chi connectivity index (χ2n) is 13.0. The van der Waals surface area contributed by atoms with Gasteiger partial charge in [-0.3, -0.25) is 4.79 Å². The molecule has 0 aromatic carbocycles. The van der Waals surface area contributed by atoms with Gasteiger partial charge in [-0.1, -0.05) is 53.7 Å². The lowest BCUT2D eigenvalue weighted by Gasteiger charge is -2.66. The zero-order valence-corrected chi connectivity index (χ0v) is 22.7. The van der Waals surface area contributed by atoms with Gasteiger partial charge in [0.25, 0.3) is 0 Å². The summed E-state index contributed by atoms with van der Waals surface area (Å²) in [5.41, 5.74) is -7.61. The number of hydrogen-bond donors (Lipinski definition) is 2. The predicted octanol–water partition coefficient (Wildman–Crippen LogP) is 4.06. The molecule has 7 heteroatoms. The Morgan fingerprint density at radius 2 is 1.75 bits per heavy atom. The third kappa shape index (κ3) is 2.63. The highest BCUT2D eigenvalue weighted by atomic mass is 17.2. The van der Waals surface area contributed by atoms with Crippen LogP contribution in [0.25, 0.3) is 0 Å². The van der Waals surface area contributed by atoms with Crippen LogP contribution in [-0.2, 0) is 24.1 Å². The molecule has 200 valence electrons. The van der Waals surface area contributed by atoms with Crippen LogP contribution in [0.2, 0.25) is 0 Å². The van der Waals surface area contributed by atoms with Crippen molar-refractivity contribution in [1.82, 2.24) is 0 Å². The van der Waals surface area contributed by atoms with Crippen molar-refractivity contribution in [2.75, 3.05) is 7.11 Å². The molecule has 4 bridgehead atoms. The summed E-state index contributed by atoms with van der Waals surface area (Å²) in [5.74, 6) is 0.0867. The average Bonchev–Trinajstić information content (AvgIpc) is 3.19. The predicted molar refractivity (Wildman–Crippen MR) is 132 cm³/mol. The number of ketones is 1. The molecule has 0 unspecified atom stereocenters. The molecule has 2 N–H and O–H groups in total. The number of fused-ring (bicyclic) bond motifs is 2. The van der Waals surface area contributed by atoms with Crippen molar-refractivity contribution in [3.63, 3.8) is 0 Å². The van der Waals surface area contributed by atoms with Gasteiger partial charge in [0.15, 0.2) is 11.4 Å². The van der Waals surface area contributed by atoms with Gasteiger partial charge >= 0.3 is 5.97 Å². The van der Waals surface area contributed by atoms with Crippen molar-refractivity contribution in [1.29, 1.82) is 0 Å². The molecule has 9 atom stereocenters. The van der Waals surface area contributed by atoms with Gasteiger partial charge < -0.3 is 14.9 Å². The Hall–Kier alpha value is -1.54. The van der Waals surface area contributed by atoms with Crippen molar-refractivity contribution in [3.05, 3.63) is 23.8 Å². The quantitative estimate of drug-likeness (QED) is 0.332. The number of rotatable bonds is 5. The largest absolute Gasteiger partial charge is 0.467 e. The summed E-state index contributed by atoms with van der Waals surface area (Å²) in [6, 6.07) is 0. The van der Waals surface area contributed by atoms with E-state index >= 15 is 0 Å². The van der Waals surface area contributed by atoms with Crippen molar-refractivity contribution in [2.45, 2.75) is 102 Å². The summed E-state index contributed by atoms with van der Waals surface area (Å²) in [5, 5.41) is 24.5. The summed E-state index contributed by atoms with van der Waals surface area (Å²) in [6.07, 6.45) is 8.87. The smallest absolute Gasteiger partial charge is 0.345 e. The summed E-state index contributed by atoms with van der Waals surface area (Å²) < 4.78 is 4.96. The lowest BCUT2D eigenvalue weighted by Crippen LogP contribution is -2.80. The minimum atomic E-state index is -2.13. The van der Waals surface area contributed by atoms with E-state index in [0.29, 0.717) is 43.1 Å². The normalized spacial score (nSPS) is 49.0. The molecular formula is C29H42O7. The third-order valence-corrected chi connectivity index (χ3v) is 11.6. The number of ether oxygens (including phenoxy) is 1. The van der Waals surface area contributed by atoms with E-state index in [4.69, 9.17) is 14.5 Å². The maximum absolute atomic E-state index is 13.8. The second-order valence-corrected chi connectivity index (χ2v) is 13.0. The van der Waals surface area contributed by atoms with Crippen molar-refractivity contribution in [3.8, 4) is 0 Å². The first-order chi connectivity index (χ1) is 16.7. The molecule has 0 radical (unpaired) electrons. The first kappa shape index (κ1) is 26.1. The van der Waals surface area contributed by atoms with E-state index in [-0.39, 0.29) is 18.3 Å². The first-order valence-electron chi connectivity index (χ1n) is 13.6. The summed E-state index contributed by atoms with van der Waals surface area (Å²) >= 11 is 0. The van der Waals surface area contributed by atoms with Crippen LogP contribution in [0.5, 0.6) is 0 Å². The van der Waals surface area contributed by atoms with Crippen LogP contribution in [0.3, 0.4) is 0 Å². The Morgan fingerprint density at radius 3 is 2.39 bits per heavy atom. The van der Waals surface area contributed by atoms with Crippen LogP contribution in [0.15, 0.2) is 23.8 Å². The highest BCUT2D eigenvalue weighted by molar-refractivity contribution is 6.06. The van der Waals surface area contributed by atoms with Crippen molar-refractivity contribution < 1.29 is 34.3 Å². The molecule has 4 aliphatic carbocycles. The van der Waals surface area contributed by atoms with E-state index in [1.54, 1.807) is 0 Å². The van der Waals surface area contributed by atoms with Crippen LogP contribution in [0.1, 0.15) is 80.1 Å². The van der Waals surface area contributed by atoms with Gasteiger partial charge in [-0.2, -0.15) is 0 Å². The number of esters is 1. The maximum atomic E-state index is 13.8. The lowest BCUT2D eigenvalue weighted by atomic mass is 9.44. The van der Waals surface area contributed by atoms with E-state index in [0.717, 1.165) is 6.42 Å². The topological polar surface area (TPSA) is 102 Å². The number of carbonyl (C=O) groups is 2. The van der Waals surface area contributed by atoms with E-state index in [9.17, 15) is 19.8 Å². The van der Waals surface area contributed by atoms with Crippen molar-refractivity contribution >= 4 is 11.8 Å². The van der Waals surface area contributed by atoms with Crippen LogP contribution in [0, 0.1) is 34.5 Å². The number of hydrogen-bond acceptors (Lipinski definition) is 7. The molecule has 7 nitrogen and oxygen atoms in total. The SMILES string of the molecule is COC(=O)[C@@]12CC[C@@]3(C)[C@]1(O)C(=O)C=C1[C@@]4(O)CC[C@H]([C@H](C)/C=C/[C@H](C)C(C)C)[C@@]4(C)CC[C@@]13OO2. The van der Waals surface area contributed by atoms with E-state index in [1.807, 2.05) is 6.92 Å². The number of carbonyl (C=O) groups excluding carboxylic acids is 2. The van der Waals surface area contributed by atoms with Crippen LogP contribution < -0.4 is 0 Å². The molecule has 3 saturated carbocycles. The van der Waals surface area contributed by atoms with E-state index < -0.39 is 45.0 Å². The molecule has 4 fully saturated rings. The standard InChI is InChI=1S/C29H42O7/c1-17(2)18(3)8-9-19(4)20-10-11-26(32)21-16-22(30)29(33)25(6)13-15-28(29,23(31)34-7)36-35-27(21,25)14-12-24(20,26)5/h8-9,16-20,32-33H,10-15H2,1-7H3/b9-8+/t18-,19+,20+,24+,25+,26-,27+,28-,29+/m0/s1. The fraction of sp³-hybridized carbons (Fsp3) is 0.793. The third-order valence-electron chi connectivity index (χ3n) is 11.6. The molecule has 5 rings (SSSR count). The molecular weight excluding hydrogens is 460 g/mol. The van der Waals surface area contributed by atoms with Crippen molar-refractivity contribution in [2.24, 2.45) is 34.5 Å². The molecule has 1 aliphatic heterocycles. The van der Waals surface area contributed by atoms with Gasteiger partial charge in [0.05, 0.1) is 12.7 Å². The monoisotopic (exact) mass is 502 g/mol. The lowest BCUT2D eigenvalue weighted by molar-refractivity contribution is -0.478.